The molecule has 18 heavy (non-hydrogen) atoms. The number of aromatic hydroxyl groups is 2. The standard InChI is InChI=1S/C13H21NO3.ClH/c1-4-10(8-15)14-13(2,3)9-5-6-11(16)12(17)7-9;/h5-7,10,14-17H,4,8H2,1-3H3;1H. The molecule has 0 spiro atoms. The Bertz CT molecular complexity index is 378. The Morgan fingerprint density at radius 2 is 1.83 bits per heavy atom. The topological polar surface area (TPSA) is 72.7 Å². The molecule has 0 heterocycles. The second-order valence-electron chi connectivity index (χ2n) is 4.76. The minimum Gasteiger partial charge on any atom is -0.504 e. The van der Waals surface area contributed by atoms with E-state index in [9.17, 15) is 15.3 Å². The summed E-state index contributed by atoms with van der Waals surface area (Å²) in [6.07, 6.45) is 0.823. The molecule has 104 valence electrons. The van der Waals surface area contributed by atoms with Crippen molar-refractivity contribution in [2.24, 2.45) is 0 Å². The van der Waals surface area contributed by atoms with Gasteiger partial charge >= 0.3 is 0 Å². The average Bonchev–Trinajstić information content (AvgIpc) is 2.29. The lowest BCUT2D eigenvalue weighted by Gasteiger charge is -2.31. The average molecular weight is 276 g/mol. The summed E-state index contributed by atoms with van der Waals surface area (Å²) in [7, 11) is 0. The van der Waals surface area contributed by atoms with Crippen LogP contribution in [-0.2, 0) is 5.54 Å². The van der Waals surface area contributed by atoms with Gasteiger partial charge in [-0.05, 0) is 38.0 Å². The molecule has 0 amide bonds. The molecule has 0 radical (unpaired) electrons. The Morgan fingerprint density at radius 1 is 1.22 bits per heavy atom. The summed E-state index contributed by atoms with van der Waals surface area (Å²) in [6.45, 7) is 6.01. The molecule has 1 atom stereocenters. The molecule has 1 aromatic carbocycles. The van der Waals surface area contributed by atoms with Crippen molar-refractivity contribution in [3.05, 3.63) is 23.8 Å². The maximum absolute atomic E-state index is 9.48. The molecule has 0 bridgehead atoms. The fourth-order valence-corrected chi connectivity index (χ4v) is 1.78. The zero-order chi connectivity index (χ0) is 13.1. The first-order valence-electron chi connectivity index (χ1n) is 5.81. The first kappa shape index (κ1) is 17.0. The molecule has 0 aliphatic rings. The molecular weight excluding hydrogens is 254 g/mol. The van der Waals surface area contributed by atoms with Crippen LogP contribution >= 0.6 is 12.4 Å². The monoisotopic (exact) mass is 275 g/mol. The van der Waals surface area contributed by atoms with E-state index in [0.29, 0.717) is 0 Å². The Morgan fingerprint density at radius 3 is 2.28 bits per heavy atom. The molecule has 0 aliphatic carbocycles. The molecular formula is C13H22ClNO3. The van der Waals surface area contributed by atoms with Crippen molar-refractivity contribution in [3.8, 4) is 11.5 Å². The maximum atomic E-state index is 9.48. The number of halogens is 1. The van der Waals surface area contributed by atoms with E-state index in [-0.39, 0.29) is 42.1 Å². The van der Waals surface area contributed by atoms with Crippen molar-refractivity contribution in [3.63, 3.8) is 0 Å². The molecule has 4 nitrogen and oxygen atoms in total. The minimum absolute atomic E-state index is 0. The summed E-state index contributed by atoms with van der Waals surface area (Å²) >= 11 is 0. The van der Waals surface area contributed by atoms with Crippen LogP contribution in [-0.4, -0.2) is 28.0 Å². The lowest BCUT2D eigenvalue weighted by molar-refractivity contribution is 0.206. The van der Waals surface area contributed by atoms with Gasteiger partial charge < -0.3 is 20.6 Å². The first-order chi connectivity index (χ1) is 7.90. The lowest BCUT2D eigenvalue weighted by atomic mass is 9.92. The predicted molar refractivity (Wildman–Crippen MR) is 74.3 cm³/mol. The highest BCUT2D eigenvalue weighted by atomic mass is 35.5. The number of nitrogens with one attached hydrogen (secondary N) is 1. The van der Waals surface area contributed by atoms with Crippen molar-refractivity contribution >= 4 is 12.4 Å². The smallest absolute Gasteiger partial charge is 0.157 e. The van der Waals surface area contributed by atoms with Crippen molar-refractivity contribution < 1.29 is 15.3 Å². The van der Waals surface area contributed by atoms with Gasteiger partial charge in [0.1, 0.15) is 0 Å². The zero-order valence-electron chi connectivity index (χ0n) is 11.0. The number of rotatable bonds is 5. The number of hydrogen-bond donors (Lipinski definition) is 4. The van der Waals surface area contributed by atoms with Crippen LogP contribution in [0.3, 0.4) is 0 Å². The number of phenolic OH excluding ortho intramolecular Hbond substituents is 2. The van der Waals surface area contributed by atoms with E-state index >= 15 is 0 Å². The summed E-state index contributed by atoms with van der Waals surface area (Å²) in [5, 5.41) is 31.3. The maximum Gasteiger partial charge on any atom is 0.157 e. The normalized spacial score (nSPS) is 12.9. The molecule has 5 heteroatoms. The van der Waals surface area contributed by atoms with Gasteiger partial charge in [0.2, 0.25) is 0 Å². The number of aliphatic hydroxyl groups is 1. The van der Waals surface area contributed by atoms with E-state index in [1.165, 1.54) is 12.1 Å². The molecule has 1 aromatic rings. The van der Waals surface area contributed by atoms with Gasteiger partial charge in [-0.2, -0.15) is 0 Å². The third kappa shape index (κ3) is 4.05. The van der Waals surface area contributed by atoms with Crippen molar-refractivity contribution in [1.82, 2.24) is 5.32 Å². The number of benzene rings is 1. The van der Waals surface area contributed by atoms with Crippen LogP contribution < -0.4 is 5.32 Å². The van der Waals surface area contributed by atoms with Gasteiger partial charge in [-0.25, -0.2) is 0 Å². The van der Waals surface area contributed by atoms with Crippen LogP contribution in [0.4, 0.5) is 0 Å². The SMILES string of the molecule is CCC(CO)NC(C)(C)c1ccc(O)c(O)c1.Cl. The van der Waals surface area contributed by atoms with Gasteiger partial charge in [0.25, 0.3) is 0 Å². The number of hydrogen-bond acceptors (Lipinski definition) is 4. The second kappa shape index (κ2) is 6.83. The van der Waals surface area contributed by atoms with Gasteiger partial charge in [-0.1, -0.05) is 13.0 Å². The molecule has 1 rings (SSSR count). The summed E-state index contributed by atoms with van der Waals surface area (Å²) in [4.78, 5) is 0. The Hall–Kier alpha value is -0.970. The second-order valence-corrected chi connectivity index (χ2v) is 4.76. The van der Waals surface area contributed by atoms with E-state index in [4.69, 9.17) is 0 Å². The van der Waals surface area contributed by atoms with Crippen molar-refractivity contribution in [1.29, 1.82) is 0 Å². The molecule has 0 saturated carbocycles. The molecule has 1 unspecified atom stereocenters. The highest BCUT2D eigenvalue weighted by Gasteiger charge is 2.24. The number of aliphatic hydroxyl groups excluding tert-OH is 1. The predicted octanol–water partition coefficient (Wildman–Crippen LogP) is 2.12. The van der Waals surface area contributed by atoms with Crippen LogP contribution in [0.5, 0.6) is 11.5 Å². The Kier molecular flexibility index (Phi) is 6.46. The van der Waals surface area contributed by atoms with Crippen LogP contribution in [0.15, 0.2) is 18.2 Å². The van der Waals surface area contributed by atoms with Crippen LogP contribution in [0.25, 0.3) is 0 Å². The largest absolute Gasteiger partial charge is 0.504 e. The third-order valence-electron chi connectivity index (χ3n) is 2.98. The molecule has 4 N–H and O–H groups in total. The lowest BCUT2D eigenvalue weighted by Crippen LogP contribution is -2.45. The fourth-order valence-electron chi connectivity index (χ4n) is 1.78. The van der Waals surface area contributed by atoms with Crippen molar-refractivity contribution in [2.45, 2.75) is 38.8 Å². The summed E-state index contributed by atoms with van der Waals surface area (Å²) < 4.78 is 0. The quantitative estimate of drug-likeness (QED) is 0.621. The number of phenols is 2. The molecule has 0 aromatic heterocycles. The third-order valence-corrected chi connectivity index (χ3v) is 2.98. The van der Waals surface area contributed by atoms with Gasteiger partial charge in [0.05, 0.1) is 6.61 Å². The van der Waals surface area contributed by atoms with Gasteiger partial charge in [-0.3, -0.25) is 0 Å². The van der Waals surface area contributed by atoms with Gasteiger partial charge in [0.15, 0.2) is 11.5 Å². The Labute approximate surface area is 114 Å². The van der Waals surface area contributed by atoms with Crippen LogP contribution in [0, 0.1) is 0 Å². The van der Waals surface area contributed by atoms with Crippen molar-refractivity contribution in [2.75, 3.05) is 6.61 Å². The van der Waals surface area contributed by atoms with E-state index < -0.39 is 0 Å². The van der Waals surface area contributed by atoms with Crippen LogP contribution in [0.2, 0.25) is 0 Å². The summed E-state index contributed by atoms with van der Waals surface area (Å²) in [6, 6.07) is 4.77. The van der Waals surface area contributed by atoms with E-state index in [2.05, 4.69) is 5.32 Å². The molecule has 0 saturated heterocycles. The molecule has 0 aliphatic heterocycles. The first-order valence-corrected chi connectivity index (χ1v) is 5.81. The highest BCUT2D eigenvalue weighted by Crippen LogP contribution is 2.30. The summed E-state index contributed by atoms with van der Waals surface area (Å²) in [5.74, 6) is -0.256. The minimum atomic E-state index is -0.380. The van der Waals surface area contributed by atoms with E-state index in [1.807, 2.05) is 20.8 Å². The zero-order valence-corrected chi connectivity index (χ0v) is 11.8. The van der Waals surface area contributed by atoms with E-state index in [0.717, 1.165) is 12.0 Å². The van der Waals surface area contributed by atoms with Gasteiger partial charge in [0, 0.05) is 11.6 Å². The summed E-state index contributed by atoms with van der Waals surface area (Å²) in [5.41, 5.74) is 0.480. The molecule has 0 fully saturated rings. The fraction of sp³-hybridized carbons (Fsp3) is 0.538. The van der Waals surface area contributed by atoms with Crippen LogP contribution in [0.1, 0.15) is 32.8 Å². The van der Waals surface area contributed by atoms with Gasteiger partial charge in [-0.15, -0.1) is 12.4 Å². The van der Waals surface area contributed by atoms with E-state index in [1.54, 1.807) is 6.07 Å². The highest BCUT2D eigenvalue weighted by molar-refractivity contribution is 5.85. The Balaban J connectivity index is 0.00000289.